The van der Waals surface area contributed by atoms with E-state index in [2.05, 4.69) is 15.0 Å². The molecule has 0 radical (unpaired) electrons. The van der Waals surface area contributed by atoms with Crippen LogP contribution in [0.15, 0.2) is 124 Å². The zero-order valence-corrected chi connectivity index (χ0v) is 22.4. The van der Waals surface area contributed by atoms with Crippen molar-refractivity contribution in [1.82, 2.24) is 5.06 Å². The number of nitrogens with zero attached hydrogens (tertiary/aromatic N) is 4. The molecular formula is C32H32N4O5. The SMILES string of the molecule is O=C1C=CC=CC1=CN(O)CCN=Cc1ccccc1O.Oc1ccccc1C=NCCN=Cc1ccccc1O. The molecule has 210 valence electrons. The number of allylic oxidation sites excluding steroid dienone is 5. The molecule has 0 saturated heterocycles. The lowest BCUT2D eigenvalue weighted by Crippen LogP contribution is -2.18. The van der Waals surface area contributed by atoms with Gasteiger partial charge in [0, 0.05) is 47.1 Å². The van der Waals surface area contributed by atoms with E-state index in [1.54, 1.807) is 97.5 Å². The molecular weight excluding hydrogens is 520 g/mol. The minimum absolute atomic E-state index is 0.144. The van der Waals surface area contributed by atoms with Gasteiger partial charge in [-0.3, -0.25) is 30.0 Å². The maximum atomic E-state index is 11.5. The number of aliphatic imine (C=N–C) groups is 3. The van der Waals surface area contributed by atoms with Crippen molar-refractivity contribution in [2.75, 3.05) is 26.2 Å². The van der Waals surface area contributed by atoms with Crippen LogP contribution in [-0.4, -0.2) is 76.2 Å². The van der Waals surface area contributed by atoms with Gasteiger partial charge in [-0.25, -0.2) is 0 Å². The number of hydrogen-bond acceptors (Lipinski definition) is 9. The van der Waals surface area contributed by atoms with Crippen LogP contribution in [0.1, 0.15) is 16.7 Å². The van der Waals surface area contributed by atoms with Gasteiger partial charge in [0.2, 0.25) is 0 Å². The van der Waals surface area contributed by atoms with Crippen molar-refractivity contribution in [3.05, 3.63) is 126 Å². The van der Waals surface area contributed by atoms with Gasteiger partial charge in [-0.1, -0.05) is 48.6 Å². The molecule has 0 saturated carbocycles. The topological polar surface area (TPSA) is 138 Å². The van der Waals surface area contributed by atoms with Gasteiger partial charge in [0.15, 0.2) is 5.78 Å². The highest BCUT2D eigenvalue weighted by molar-refractivity contribution is 6.07. The quantitative estimate of drug-likeness (QED) is 0.124. The lowest BCUT2D eigenvalue weighted by molar-refractivity contribution is -0.111. The van der Waals surface area contributed by atoms with Crippen LogP contribution in [0.5, 0.6) is 17.2 Å². The number of phenolic OH excluding ortho intramolecular Hbond substituents is 3. The molecule has 4 N–H and O–H groups in total. The average molecular weight is 553 g/mol. The van der Waals surface area contributed by atoms with Crippen LogP contribution in [0.25, 0.3) is 0 Å². The number of hydroxylamine groups is 2. The second-order valence-electron chi connectivity index (χ2n) is 8.61. The van der Waals surface area contributed by atoms with Crippen molar-refractivity contribution in [3.8, 4) is 17.2 Å². The molecule has 0 heterocycles. The summed E-state index contributed by atoms with van der Waals surface area (Å²) in [6.07, 6.45) is 12.6. The minimum Gasteiger partial charge on any atom is -0.507 e. The molecule has 0 aliphatic heterocycles. The Morgan fingerprint density at radius 1 is 0.610 bits per heavy atom. The van der Waals surface area contributed by atoms with Gasteiger partial charge in [-0.15, -0.1) is 0 Å². The van der Waals surface area contributed by atoms with Gasteiger partial charge in [-0.05, 0) is 48.6 Å². The summed E-state index contributed by atoms with van der Waals surface area (Å²) in [5, 5.41) is 39.3. The number of benzene rings is 3. The number of hydrogen-bond donors (Lipinski definition) is 4. The molecule has 3 aromatic carbocycles. The average Bonchev–Trinajstić information content (AvgIpc) is 2.97. The highest BCUT2D eigenvalue weighted by Crippen LogP contribution is 2.14. The van der Waals surface area contributed by atoms with E-state index in [1.165, 1.54) is 12.3 Å². The largest absolute Gasteiger partial charge is 0.507 e. The fraction of sp³-hybridized carbons (Fsp3) is 0.125. The van der Waals surface area contributed by atoms with Crippen molar-refractivity contribution < 1.29 is 25.3 Å². The zero-order chi connectivity index (χ0) is 29.3. The molecule has 9 nitrogen and oxygen atoms in total. The maximum absolute atomic E-state index is 11.5. The Labute approximate surface area is 238 Å². The van der Waals surface area contributed by atoms with E-state index in [-0.39, 0.29) is 29.6 Å². The highest BCUT2D eigenvalue weighted by Gasteiger charge is 2.07. The molecule has 0 bridgehead atoms. The summed E-state index contributed by atoms with van der Waals surface area (Å²) in [6.45, 7) is 1.64. The van der Waals surface area contributed by atoms with Gasteiger partial charge >= 0.3 is 0 Å². The smallest absolute Gasteiger partial charge is 0.187 e. The third-order valence-corrected chi connectivity index (χ3v) is 5.52. The van der Waals surface area contributed by atoms with Gasteiger partial charge in [0.05, 0.1) is 26.2 Å². The predicted octanol–water partition coefficient (Wildman–Crippen LogP) is 4.72. The van der Waals surface area contributed by atoms with E-state index >= 15 is 0 Å². The highest BCUT2D eigenvalue weighted by atomic mass is 16.5. The minimum atomic E-state index is -0.144. The second kappa shape index (κ2) is 16.6. The first kappa shape index (κ1) is 30.3. The summed E-state index contributed by atoms with van der Waals surface area (Å²) in [5.41, 5.74) is 2.43. The summed E-state index contributed by atoms with van der Waals surface area (Å²) in [6, 6.07) is 20.9. The lowest BCUT2D eigenvalue weighted by Gasteiger charge is -2.12. The molecule has 4 rings (SSSR count). The van der Waals surface area contributed by atoms with Crippen LogP contribution >= 0.6 is 0 Å². The fourth-order valence-corrected chi connectivity index (χ4v) is 3.37. The molecule has 0 fully saturated rings. The Hall–Kier alpha value is -5.28. The number of carbonyl (C=O) groups is 1. The lowest BCUT2D eigenvalue weighted by atomic mass is 10.1. The van der Waals surface area contributed by atoms with Crippen molar-refractivity contribution in [2.24, 2.45) is 15.0 Å². The van der Waals surface area contributed by atoms with Crippen LogP contribution in [0, 0.1) is 0 Å². The molecule has 0 unspecified atom stereocenters. The number of ketones is 1. The normalized spacial score (nSPS) is 13.8. The molecule has 0 aromatic heterocycles. The van der Waals surface area contributed by atoms with E-state index in [0.29, 0.717) is 41.9 Å². The summed E-state index contributed by atoms with van der Waals surface area (Å²) in [4.78, 5) is 24.0. The Bertz CT molecular complexity index is 1420. The Morgan fingerprint density at radius 3 is 1.46 bits per heavy atom. The maximum Gasteiger partial charge on any atom is 0.187 e. The second-order valence-corrected chi connectivity index (χ2v) is 8.61. The third-order valence-electron chi connectivity index (χ3n) is 5.52. The number of phenols is 3. The van der Waals surface area contributed by atoms with E-state index in [4.69, 9.17) is 0 Å². The van der Waals surface area contributed by atoms with Gasteiger partial charge in [0.1, 0.15) is 17.2 Å². The molecule has 1 aliphatic rings. The van der Waals surface area contributed by atoms with Crippen LogP contribution in [-0.2, 0) is 4.79 Å². The molecule has 0 amide bonds. The van der Waals surface area contributed by atoms with Crippen LogP contribution in [0.4, 0.5) is 0 Å². The number of rotatable bonds is 10. The number of carbonyl (C=O) groups excluding carboxylic acids is 1. The molecule has 0 spiro atoms. The molecule has 3 aromatic rings. The number of aromatic hydroxyl groups is 3. The predicted molar refractivity (Wildman–Crippen MR) is 162 cm³/mol. The van der Waals surface area contributed by atoms with Gasteiger partial charge in [0.25, 0.3) is 0 Å². The van der Waals surface area contributed by atoms with Crippen molar-refractivity contribution in [1.29, 1.82) is 0 Å². The van der Waals surface area contributed by atoms with E-state index < -0.39 is 0 Å². The number of para-hydroxylation sites is 3. The zero-order valence-electron chi connectivity index (χ0n) is 22.4. The summed E-state index contributed by atoms with van der Waals surface area (Å²) in [7, 11) is 0. The molecule has 41 heavy (non-hydrogen) atoms. The Balaban J connectivity index is 0.000000226. The van der Waals surface area contributed by atoms with E-state index in [0.717, 1.165) is 5.06 Å². The van der Waals surface area contributed by atoms with Crippen LogP contribution in [0.3, 0.4) is 0 Å². The standard InChI is InChI=1S/C16H16N2O3.C16H16N2O2/c19-15-7-3-1-5-13(15)11-17-9-10-18(21)12-14-6-2-4-8-16(14)20;19-15-7-3-1-5-13(15)11-17-9-10-18-12-14-6-2-4-8-16(14)20/h1-8,11-12,19,21H,9-10H2;1-8,11-12,19-20H,9-10H2. The summed E-state index contributed by atoms with van der Waals surface area (Å²) < 4.78 is 0. The van der Waals surface area contributed by atoms with Gasteiger partial charge < -0.3 is 15.3 Å². The van der Waals surface area contributed by atoms with Crippen molar-refractivity contribution in [3.63, 3.8) is 0 Å². The van der Waals surface area contributed by atoms with Crippen molar-refractivity contribution >= 4 is 24.4 Å². The van der Waals surface area contributed by atoms with Crippen LogP contribution in [0.2, 0.25) is 0 Å². The van der Waals surface area contributed by atoms with E-state index in [1.807, 2.05) is 12.1 Å². The molecule has 1 aliphatic carbocycles. The summed E-state index contributed by atoms with van der Waals surface area (Å²) in [5.74, 6) is 0.450. The first-order valence-corrected chi connectivity index (χ1v) is 12.8. The van der Waals surface area contributed by atoms with E-state index in [9.17, 15) is 25.3 Å². The first-order valence-electron chi connectivity index (χ1n) is 12.8. The Kier molecular flexibility index (Phi) is 12.3. The Morgan fingerprint density at radius 2 is 1.02 bits per heavy atom. The van der Waals surface area contributed by atoms with Gasteiger partial charge in [-0.2, -0.15) is 0 Å². The third kappa shape index (κ3) is 10.8. The monoisotopic (exact) mass is 552 g/mol. The first-order chi connectivity index (χ1) is 19.9. The fourth-order valence-electron chi connectivity index (χ4n) is 3.37. The van der Waals surface area contributed by atoms with Crippen LogP contribution < -0.4 is 0 Å². The summed E-state index contributed by atoms with van der Waals surface area (Å²) >= 11 is 0. The molecule has 0 atom stereocenters. The molecule has 9 heteroatoms. The van der Waals surface area contributed by atoms with Crippen molar-refractivity contribution in [2.45, 2.75) is 0 Å².